The molecule has 2 heterocycles. The zero-order valence-electron chi connectivity index (χ0n) is 22.4. The molecule has 2 saturated heterocycles. The molecule has 5 atom stereocenters. The number of nitrogens with two attached hydrogens (primary N) is 1. The minimum absolute atomic E-state index is 0.105. The molecular formula is C26H41N5O6S. The molecule has 0 aliphatic carbocycles. The fourth-order valence-corrected chi connectivity index (χ4v) is 5.79. The van der Waals surface area contributed by atoms with E-state index in [1.807, 2.05) is 24.3 Å². The molecule has 38 heavy (non-hydrogen) atoms. The summed E-state index contributed by atoms with van der Waals surface area (Å²) < 4.78 is 30.8. The Morgan fingerprint density at radius 3 is 2.45 bits per heavy atom. The van der Waals surface area contributed by atoms with Crippen molar-refractivity contribution >= 4 is 27.7 Å². The second-order valence-corrected chi connectivity index (χ2v) is 12.0. The second kappa shape index (κ2) is 13.4. The Morgan fingerprint density at radius 1 is 1.13 bits per heavy atom. The van der Waals surface area contributed by atoms with Crippen LogP contribution >= 0.6 is 0 Å². The summed E-state index contributed by atoms with van der Waals surface area (Å²) in [5, 5.41) is 5.80. The van der Waals surface area contributed by atoms with Gasteiger partial charge in [-0.05, 0) is 68.6 Å². The highest BCUT2D eigenvalue weighted by molar-refractivity contribution is 7.88. The van der Waals surface area contributed by atoms with Crippen molar-refractivity contribution in [3.05, 3.63) is 29.8 Å². The fraction of sp³-hybridized carbons (Fsp3) is 0.654. The van der Waals surface area contributed by atoms with Gasteiger partial charge >= 0.3 is 0 Å². The number of nitrogens with zero attached hydrogens (tertiary/aromatic N) is 1. The second-order valence-electron chi connectivity index (χ2n) is 10.2. The average Bonchev–Trinajstić information content (AvgIpc) is 3.27. The molecule has 212 valence electrons. The number of ether oxygens (including phenoxy) is 1. The van der Waals surface area contributed by atoms with Gasteiger partial charge in [0, 0.05) is 19.1 Å². The molecule has 11 nitrogen and oxygen atoms in total. The molecule has 12 heteroatoms. The third-order valence-electron chi connectivity index (χ3n) is 7.49. The van der Waals surface area contributed by atoms with E-state index in [9.17, 15) is 22.8 Å². The maximum absolute atomic E-state index is 13.9. The predicted octanol–water partition coefficient (Wildman–Crippen LogP) is 0.285. The maximum atomic E-state index is 13.9. The van der Waals surface area contributed by atoms with Gasteiger partial charge in [-0.25, -0.2) is 13.1 Å². The van der Waals surface area contributed by atoms with Crippen LogP contribution in [0.3, 0.4) is 0 Å². The monoisotopic (exact) mass is 551 g/mol. The van der Waals surface area contributed by atoms with Crippen molar-refractivity contribution in [2.45, 2.75) is 76.0 Å². The summed E-state index contributed by atoms with van der Waals surface area (Å²) >= 11 is 0. The van der Waals surface area contributed by atoms with Crippen LogP contribution in [0.2, 0.25) is 0 Å². The number of fused-ring (bicyclic) bond motifs is 1. The van der Waals surface area contributed by atoms with E-state index >= 15 is 0 Å². The predicted molar refractivity (Wildman–Crippen MR) is 144 cm³/mol. The number of nitrogens with one attached hydrogen (secondary N) is 3. The normalized spacial score (nSPS) is 24.3. The van der Waals surface area contributed by atoms with E-state index in [1.54, 1.807) is 18.9 Å². The molecule has 2 aliphatic rings. The van der Waals surface area contributed by atoms with Crippen LogP contribution in [0.25, 0.3) is 0 Å². The number of hydrogen-bond donors (Lipinski definition) is 4. The van der Waals surface area contributed by atoms with E-state index in [4.69, 9.17) is 10.5 Å². The lowest BCUT2D eigenvalue weighted by atomic mass is 9.90. The van der Waals surface area contributed by atoms with Crippen LogP contribution in [0.15, 0.2) is 24.3 Å². The van der Waals surface area contributed by atoms with Crippen LogP contribution in [0.1, 0.15) is 51.0 Å². The van der Waals surface area contributed by atoms with Gasteiger partial charge in [0.15, 0.2) is 0 Å². The van der Waals surface area contributed by atoms with E-state index in [0.717, 1.165) is 17.6 Å². The van der Waals surface area contributed by atoms with Gasteiger partial charge in [-0.3, -0.25) is 14.4 Å². The lowest BCUT2D eigenvalue weighted by Crippen LogP contribution is -2.58. The number of hydrogen-bond acceptors (Lipinski definition) is 7. The van der Waals surface area contributed by atoms with Crippen molar-refractivity contribution in [3.63, 3.8) is 0 Å². The number of amides is 3. The molecular weight excluding hydrogens is 510 g/mol. The molecule has 0 aromatic heterocycles. The molecule has 0 bridgehead atoms. The Morgan fingerprint density at radius 2 is 1.82 bits per heavy atom. The summed E-state index contributed by atoms with van der Waals surface area (Å²) in [6.45, 7) is 2.37. The maximum Gasteiger partial charge on any atom is 0.246 e. The van der Waals surface area contributed by atoms with Gasteiger partial charge < -0.3 is 26.0 Å². The van der Waals surface area contributed by atoms with Crippen LogP contribution < -0.4 is 25.8 Å². The molecule has 3 rings (SSSR count). The van der Waals surface area contributed by atoms with Crippen LogP contribution in [0.5, 0.6) is 5.75 Å². The van der Waals surface area contributed by atoms with Gasteiger partial charge in [-0.15, -0.1) is 0 Å². The quantitative estimate of drug-likeness (QED) is 0.290. The van der Waals surface area contributed by atoms with Crippen LogP contribution in [0.4, 0.5) is 0 Å². The summed E-state index contributed by atoms with van der Waals surface area (Å²) in [6.07, 6.45) is 5.07. The molecule has 0 unspecified atom stereocenters. The number of methoxy groups -OCH3 is 1. The number of carbonyl (C=O) groups excluding carboxylic acids is 3. The topological polar surface area (TPSA) is 160 Å². The Labute approximate surface area is 225 Å². The summed E-state index contributed by atoms with van der Waals surface area (Å²) in [5.74, 6) is -0.455. The van der Waals surface area contributed by atoms with E-state index in [0.29, 0.717) is 51.5 Å². The average molecular weight is 552 g/mol. The zero-order chi connectivity index (χ0) is 27.9. The third-order valence-corrected chi connectivity index (χ3v) is 8.22. The summed E-state index contributed by atoms with van der Waals surface area (Å²) in [6, 6.07) is 5.28. The standard InChI is InChI=1S/C26H41N5O6S/c1-4-21(27)24(32)30-23-18(14-16-29-38(3,35)36)7-8-19-9-12-22(31(19)26(23)34)25(33)28-15-13-17-5-10-20(37-2)11-6-17/h5-6,10-11,18-19,21-23,29H,4,7-9,12-16,27H2,1-3H3,(H,28,33)(H,30,32)/t18-,19+,21+,22+,23+/m1/s1. The third kappa shape index (κ3) is 7.90. The Hall–Kier alpha value is -2.70. The highest BCUT2D eigenvalue weighted by atomic mass is 32.2. The first-order valence-electron chi connectivity index (χ1n) is 13.3. The van der Waals surface area contributed by atoms with Crippen LogP contribution in [0, 0.1) is 5.92 Å². The van der Waals surface area contributed by atoms with Crippen molar-refractivity contribution in [1.82, 2.24) is 20.3 Å². The minimum Gasteiger partial charge on any atom is -0.497 e. The fourth-order valence-electron chi connectivity index (χ4n) is 5.30. The molecule has 0 saturated carbocycles. The number of benzene rings is 1. The Bertz CT molecular complexity index is 1080. The van der Waals surface area contributed by atoms with Gasteiger partial charge in [-0.2, -0.15) is 0 Å². The first-order valence-corrected chi connectivity index (χ1v) is 15.2. The van der Waals surface area contributed by atoms with Gasteiger partial charge in [0.25, 0.3) is 0 Å². The smallest absolute Gasteiger partial charge is 0.246 e. The molecule has 0 spiro atoms. The van der Waals surface area contributed by atoms with Gasteiger partial charge in [0.05, 0.1) is 19.4 Å². The molecule has 0 radical (unpaired) electrons. The molecule has 3 amide bonds. The molecule has 1 aromatic carbocycles. The first-order chi connectivity index (χ1) is 18.0. The molecule has 1 aromatic rings. The Balaban J connectivity index is 1.70. The summed E-state index contributed by atoms with van der Waals surface area (Å²) in [4.78, 5) is 41.4. The Kier molecular flexibility index (Phi) is 10.5. The number of sulfonamides is 1. The van der Waals surface area contributed by atoms with Crippen molar-refractivity contribution in [1.29, 1.82) is 0 Å². The van der Waals surface area contributed by atoms with Gasteiger partial charge in [0.2, 0.25) is 27.7 Å². The largest absolute Gasteiger partial charge is 0.497 e. The summed E-state index contributed by atoms with van der Waals surface area (Å²) in [5.41, 5.74) is 6.98. The zero-order valence-corrected chi connectivity index (χ0v) is 23.3. The highest BCUT2D eigenvalue weighted by Gasteiger charge is 2.47. The molecule has 2 aliphatic heterocycles. The van der Waals surface area contributed by atoms with Crippen LogP contribution in [-0.4, -0.2) is 81.7 Å². The van der Waals surface area contributed by atoms with Crippen molar-refractivity contribution in [2.75, 3.05) is 26.5 Å². The van der Waals surface area contributed by atoms with E-state index in [-0.39, 0.29) is 30.3 Å². The van der Waals surface area contributed by atoms with Crippen molar-refractivity contribution < 1.29 is 27.5 Å². The number of carbonyl (C=O) groups is 3. The summed E-state index contributed by atoms with van der Waals surface area (Å²) in [7, 11) is -1.78. The van der Waals surface area contributed by atoms with Crippen LogP contribution in [-0.2, 0) is 30.8 Å². The lowest BCUT2D eigenvalue weighted by molar-refractivity contribution is -0.143. The first kappa shape index (κ1) is 29.9. The molecule has 5 N–H and O–H groups in total. The van der Waals surface area contributed by atoms with Gasteiger partial charge in [-0.1, -0.05) is 19.1 Å². The van der Waals surface area contributed by atoms with Gasteiger partial charge in [0.1, 0.15) is 17.8 Å². The number of rotatable bonds is 12. The van der Waals surface area contributed by atoms with Crippen molar-refractivity contribution in [3.8, 4) is 5.75 Å². The molecule has 2 fully saturated rings. The highest BCUT2D eigenvalue weighted by Crippen LogP contribution is 2.35. The lowest BCUT2D eigenvalue weighted by Gasteiger charge is -2.32. The van der Waals surface area contributed by atoms with E-state index in [2.05, 4.69) is 15.4 Å². The van der Waals surface area contributed by atoms with E-state index < -0.39 is 34.1 Å². The minimum atomic E-state index is -3.39. The van der Waals surface area contributed by atoms with Crippen molar-refractivity contribution in [2.24, 2.45) is 11.7 Å². The van der Waals surface area contributed by atoms with E-state index in [1.165, 1.54) is 0 Å². The SMILES string of the molecule is CC[C@H](N)C(=O)N[C@@H]1C(=O)N2[C@@H](CC[C@@H]1CCNS(C)(=O)=O)CC[C@H]2C(=O)NCCc1ccc(OC)cc1.